The molecule has 0 atom stereocenters. The van der Waals surface area contributed by atoms with Gasteiger partial charge < -0.3 is 14.2 Å². The lowest BCUT2D eigenvalue weighted by molar-refractivity contribution is 0.0697. The van der Waals surface area contributed by atoms with Crippen LogP contribution >= 0.6 is 0 Å². The van der Waals surface area contributed by atoms with Crippen molar-refractivity contribution in [3.8, 4) is 11.8 Å². The molecule has 8 nitrogen and oxygen atoms in total. The second-order valence-corrected chi connectivity index (χ2v) is 9.72. The van der Waals surface area contributed by atoms with Crippen LogP contribution in [0.15, 0.2) is 30.3 Å². The van der Waals surface area contributed by atoms with Crippen molar-refractivity contribution in [2.24, 2.45) is 0 Å². The minimum absolute atomic E-state index is 0.0561. The van der Waals surface area contributed by atoms with E-state index in [4.69, 9.17) is 10.00 Å². The fraction of sp³-hybridized carbons (Fsp3) is 0.455. The molecule has 0 spiro atoms. The molecule has 0 radical (unpaired) electrons. The van der Waals surface area contributed by atoms with Crippen LogP contribution in [-0.4, -0.2) is 73.7 Å². The first-order chi connectivity index (χ1) is 14.8. The molecule has 31 heavy (non-hydrogen) atoms. The summed E-state index contributed by atoms with van der Waals surface area (Å²) in [5.74, 6) is -0.0370. The van der Waals surface area contributed by atoms with Gasteiger partial charge in [-0.15, -0.1) is 0 Å². The van der Waals surface area contributed by atoms with Crippen LogP contribution in [0.5, 0.6) is 0 Å². The van der Waals surface area contributed by atoms with Gasteiger partial charge in [-0.1, -0.05) is 0 Å². The fourth-order valence-corrected chi connectivity index (χ4v) is 5.38. The summed E-state index contributed by atoms with van der Waals surface area (Å²) in [6.45, 7) is 5.57. The van der Waals surface area contributed by atoms with E-state index in [1.807, 2.05) is 36.6 Å². The number of nitriles is 1. The van der Waals surface area contributed by atoms with E-state index in [9.17, 15) is 13.2 Å². The topological polar surface area (TPSA) is 95.6 Å². The number of nitrogens with zero attached hydrogens (tertiary/aromatic N) is 4. The Balaban J connectivity index is 1.71. The Morgan fingerprint density at radius 3 is 2.35 bits per heavy atom. The molecule has 0 bridgehead atoms. The zero-order valence-corrected chi connectivity index (χ0v) is 19.0. The quantitative estimate of drug-likeness (QED) is 0.610. The number of aromatic nitrogens is 1. The van der Waals surface area contributed by atoms with E-state index in [1.165, 1.54) is 4.31 Å². The van der Waals surface area contributed by atoms with Gasteiger partial charge in [0.25, 0.3) is 5.91 Å². The van der Waals surface area contributed by atoms with Crippen LogP contribution in [0.25, 0.3) is 5.69 Å². The van der Waals surface area contributed by atoms with Crippen molar-refractivity contribution in [1.82, 2.24) is 13.8 Å². The number of piperazine rings is 1. The average molecular weight is 445 g/mol. The first-order valence-electron chi connectivity index (χ1n) is 10.2. The number of hydrogen-bond donors (Lipinski definition) is 0. The van der Waals surface area contributed by atoms with Crippen LogP contribution in [0.2, 0.25) is 0 Å². The van der Waals surface area contributed by atoms with Crippen molar-refractivity contribution in [2.45, 2.75) is 20.3 Å². The molecule has 1 aliphatic heterocycles. The van der Waals surface area contributed by atoms with E-state index in [2.05, 4.69) is 6.07 Å². The number of aryl methyl sites for hydroxylation is 1. The maximum absolute atomic E-state index is 13.2. The van der Waals surface area contributed by atoms with E-state index in [-0.39, 0.29) is 11.7 Å². The van der Waals surface area contributed by atoms with Gasteiger partial charge in [-0.2, -0.15) is 9.57 Å². The number of ether oxygens (including phenoxy) is 1. The first-order valence-corrected chi connectivity index (χ1v) is 11.8. The lowest BCUT2D eigenvalue weighted by atomic mass is 10.2. The van der Waals surface area contributed by atoms with Gasteiger partial charge in [-0.25, -0.2) is 8.42 Å². The highest BCUT2D eigenvalue weighted by molar-refractivity contribution is 7.89. The molecular weight excluding hydrogens is 416 g/mol. The lowest BCUT2D eigenvalue weighted by Crippen LogP contribution is -2.51. The van der Waals surface area contributed by atoms with Gasteiger partial charge in [0, 0.05) is 57.0 Å². The van der Waals surface area contributed by atoms with Gasteiger partial charge >= 0.3 is 0 Å². The van der Waals surface area contributed by atoms with Gasteiger partial charge in [0.05, 0.1) is 22.9 Å². The predicted octanol–water partition coefficient (Wildman–Crippen LogP) is 2.09. The van der Waals surface area contributed by atoms with Gasteiger partial charge in [0.1, 0.15) is 0 Å². The minimum Gasteiger partial charge on any atom is -0.385 e. The number of amides is 1. The van der Waals surface area contributed by atoms with Gasteiger partial charge in [-0.05, 0) is 50.6 Å². The van der Waals surface area contributed by atoms with Crippen molar-refractivity contribution in [1.29, 1.82) is 5.26 Å². The zero-order chi connectivity index (χ0) is 22.6. The van der Waals surface area contributed by atoms with Gasteiger partial charge in [-0.3, -0.25) is 4.79 Å². The van der Waals surface area contributed by atoms with Crippen LogP contribution in [0.3, 0.4) is 0 Å². The maximum atomic E-state index is 13.2. The Kier molecular flexibility index (Phi) is 7.15. The number of benzene rings is 1. The highest BCUT2D eigenvalue weighted by atomic mass is 32.2. The maximum Gasteiger partial charge on any atom is 0.255 e. The number of carbonyl (C=O) groups is 1. The smallest absolute Gasteiger partial charge is 0.255 e. The van der Waals surface area contributed by atoms with Crippen molar-refractivity contribution < 1.29 is 17.9 Å². The molecule has 0 aliphatic carbocycles. The Bertz CT molecular complexity index is 1080. The van der Waals surface area contributed by atoms with Crippen LogP contribution in [0.1, 0.15) is 33.7 Å². The number of carbonyl (C=O) groups excluding carboxylic acids is 1. The third-order valence-corrected chi connectivity index (χ3v) is 7.54. The summed E-state index contributed by atoms with van der Waals surface area (Å²) < 4.78 is 33.3. The molecule has 0 N–H and O–H groups in total. The molecule has 1 aromatic heterocycles. The molecule has 1 aliphatic rings. The van der Waals surface area contributed by atoms with E-state index in [1.54, 1.807) is 24.1 Å². The van der Waals surface area contributed by atoms with E-state index < -0.39 is 10.0 Å². The van der Waals surface area contributed by atoms with Crippen LogP contribution in [0.4, 0.5) is 0 Å². The molecule has 1 aromatic carbocycles. The molecule has 166 valence electrons. The molecular formula is C22H28N4O4S. The van der Waals surface area contributed by atoms with Crippen molar-refractivity contribution in [3.63, 3.8) is 0 Å². The number of rotatable bonds is 7. The van der Waals surface area contributed by atoms with Crippen molar-refractivity contribution in [3.05, 3.63) is 52.8 Å². The highest BCUT2D eigenvalue weighted by Crippen LogP contribution is 2.23. The molecule has 1 fully saturated rings. The first kappa shape index (κ1) is 23.0. The summed E-state index contributed by atoms with van der Waals surface area (Å²) in [6, 6.07) is 11.2. The van der Waals surface area contributed by atoms with E-state index >= 15 is 0 Å². The Morgan fingerprint density at radius 2 is 1.77 bits per heavy atom. The standard InChI is InChI=1S/C22H28N4O4S/c1-17-15-21(18(2)26(17)20-7-5-19(16-23)6-8-20)22(27)24-9-11-25(12-10-24)31(28,29)14-4-13-30-3/h5-8,15H,4,9-14H2,1-3H3. The van der Waals surface area contributed by atoms with E-state index in [0.29, 0.717) is 50.3 Å². The summed E-state index contributed by atoms with van der Waals surface area (Å²) in [4.78, 5) is 14.9. The SMILES string of the molecule is COCCCS(=O)(=O)N1CCN(C(=O)c2cc(C)n(-c3ccc(C#N)cc3)c2C)CC1. The molecule has 0 unspecified atom stereocenters. The van der Waals surface area contributed by atoms with Gasteiger partial charge in [0.2, 0.25) is 10.0 Å². The van der Waals surface area contributed by atoms with Crippen LogP contribution in [-0.2, 0) is 14.8 Å². The van der Waals surface area contributed by atoms with Crippen LogP contribution in [0, 0.1) is 25.2 Å². The molecule has 2 aromatic rings. The Hall–Kier alpha value is -2.67. The Labute approximate surface area is 183 Å². The lowest BCUT2D eigenvalue weighted by Gasteiger charge is -2.34. The third-order valence-electron chi connectivity index (χ3n) is 5.59. The minimum atomic E-state index is -3.33. The predicted molar refractivity (Wildman–Crippen MR) is 118 cm³/mol. The van der Waals surface area contributed by atoms with Crippen LogP contribution < -0.4 is 0 Å². The number of sulfonamides is 1. The summed E-state index contributed by atoms with van der Waals surface area (Å²) in [6.07, 6.45) is 0.458. The summed E-state index contributed by atoms with van der Waals surface area (Å²) in [5.41, 5.74) is 3.82. The summed E-state index contributed by atoms with van der Waals surface area (Å²) >= 11 is 0. The normalized spacial score (nSPS) is 15.1. The molecule has 3 rings (SSSR count). The largest absolute Gasteiger partial charge is 0.385 e. The molecule has 1 saturated heterocycles. The van der Waals surface area contributed by atoms with Gasteiger partial charge in [0.15, 0.2) is 0 Å². The van der Waals surface area contributed by atoms with Crippen molar-refractivity contribution >= 4 is 15.9 Å². The average Bonchev–Trinajstić information content (AvgIpc) is 3.07. The second kappa shape index (κ2) is 9.64. The summed E-state index contributed by atoms with van der Waals surface area (Å²) in [7, 11) is -1.78. The molecule has 9 heteroatoms. The number of methoxy groups -OCH3 is 1. The highest BCUT2D eigenvalue weighted by Gasteiger charge is 2.30. The zero-order valence-electron chi connectivity index (χ0n) is 18.2. The molecule has 1 amide bonds. The monoisotopic (exact) mass is 444 g/mol. The molecule has 0 saturated carbocycles. The second-order valence-electron chi connectivity index (χ2n) is 7.63. The molecule has 2 heterocycles. The summed E-state index contributed by atoms with van der Waals surface area (Å²) in [5, 5.41) is 9.00. The third kappa shape index (κ3) is 4.98. The van der Waals surface area contributed by atoms with Crippen molar-refractivity contribution in [2.75, 3.05) is 45.6 Å². The fourth-order valence-electron chi connectivity index (χ4n) is 3.92. The van der Waals surface area contributed by atoms with E-state index in [0.717, 1.165) is 17.1 Å². The number of hydrogen-bond acceptors (Lipinski definition) is 5. The Morgan fingerprint density at radius 1 is 1.13 bits per heavy atom.